The molecule has 0 saturated heterocycles. The quantitative estimate of drug-likeness (QED) is 0.415. The van der Waals surface area contributed by atoms with Crippen LogP contribution in [0.15, 0.2) is 25.3 Å². The molecule has 0 fully saturated rings. The molecule has 0 aliphatic rings. The van der Waals surface area contributed by atoms with Crippen molar-refractivity contribution in [3.8, 4) is 0 Å². The Morgan fingerprint density at radius 3 is 2.91 bits per heavy atom. The van der Waals surface area contributed by atoms with E-state index in [0.29, 0.717) is 5.95 Å². The molecule has 58 valence electrons. The van der Waals surface area contributed by atoms with Gasteiger partial charge >= 0.3 is 0 Å². The molecule has 0 spiro atoms. The summed E-state index contributed by atoms with van der Waals surface area (Å²) in [7, 11) is 0. The fourth-order valence-corrected chi connectivity index (χ4v) is 0.893. The van der Waals surface area contributed by atoms with Crippen LogP contribution in [-0.4, -0.2) is 20.7 Å². The molecule has 1 heterocycles. The molecule has 0 atom stereocenters. The Kier molecular flexibility index (Phi) is 3.40. The van der Waals surface area contributed by atoms with E-state index in [1.165, 1.54) is 24.6 Å². The van der Waals surface area contributed by atoms with E-state index in [0.717, 1.165) is 5.75 Å². The first-order valence-electron chi connectivity index (χ1n) is 3.04. The Hall–Kier alpha value is -1.10. The summed E-state index contributed by atoms with van der Waals surface area (Å²) in [6.07, 6.45) is 4.70. The van der Waals surface area contributed by atoms with Crippen LogP contribution in [0.3, 0.4) is 0 Å². The third-order valence-corrected chi connectivity index (χ3v) is 1.59. The summed E-state index contributed by atoms with van der Waals surface area (Å²) in [5, 5.41) is 0. The van der Waals surface area contributed by atoms with E-state index in [9.17, 15) is 0 Å². The molecule has 1 aromatic heterocycles. The predicted molar refractivity (Wildman–Crippen MR) is 46.1 cm³/mol. The van der Waals surface area contributed by atoms with E-state index in [-0.39, 0.29) is 0 Å². The molecule has 0 aliphatic carbocycles. The molecule has 0 amide bonds. The highest BCUT2D eigenvalue weighted by Gasteiger charge is 1.89. The number of nitrogens with zero attached hydrogens (tertiary/aromatic N) is 3. The Bertz CT molecular complexity index is 213. The maximum Gasteiger partial charge on any atom is 0.235 e. The first-order valence-corrected chi connectivity index (χ1v) is 4.02. The number of aromatic nitrogens is 3. The lowest BCUT2D eigenvalue weighted by Gasteiger charge is -1.98. The van der Waals surface area contributed by atoms with Crippen molar-refractivity contribution < 1.29 is 0 Å². The van der Waals surface area contributed by atoms with Gasteiger partial charge in [-0.25, -0.2) is 15.0 Å². The molecule has 1 rings (SSSR count). The monoisotopic (exact) mass is 168 g/mol. The summed E-state index contributed by atoms with van der Waals surface area (Å²) in [5.74, 6) is 1.40. The molecule has 0 radical (unpaired) electrons. The molecule has 4 nitrogen and oxygen atoms in total. The van der Waals surface area contributed by atoms with Gasteiger partial charge in [0, 0.05) is 5.75 Å². The molecule has 11 heavy (non-hydrogen) atoms. The molecule has 0 unspecified atom stereocenters. The summed E-state index contributed by atoms with van der Waals surface area (Å²) in [4.78, 5) is 11.4. The third-order valence-electron chi connectivity index (χ3n) is 0.858. The van der Waals surface area contributed by atoms with Gasteiger partial charge in [0.15, 0.2) is 0 Å². The molecule has 1 N–H and O–H groups in total. The lowest BCUT2D eigenvalue weighted by Crippen LogP contribution is -1.94. The standard InChI is InChI=1S/C6H8N4S/c1-2-3-11-10-6-8-4-7-5-9-6/h2,4-5H,1,3H2,(H,7,8,9,10). The Morgan fingerprint density at radius 1 is 1.55 bits per heavy atom. The van der Waals surface area contributed by atoms with Crippen molar-refractivity contribution in [3.05, 3.63) is 25.3 Å². The third kappa shape index (κ3) is 2.99. The highest BCUT2D eigenvalue weighted by atomic mass is 32.2. The number of anilines is 1. The van der Waals surface area contributed by atoms with Crippen LogP contribution in [0.1, 0.15) is 0 Å². The SMILES string of the molecule is C=CCSNc1ncncn1. The lowest BCUT2D eigenvalue weighted by atomic mass is 10.8. The van der Waals surface area contributed by atoms with Gasteiger partial charge in [-0.3, -0.25) is 4.72 Å². The van der Waals surface area contributed by atoms with Crippen LogP contribution in [0, 0.1) is 0 Å². The van der Waals surface area contributed by atoms with Gasteiger partial charge in [-0.2, -0.15) is 0 Å². The molecular formula is C6H8N4S. The van der Waals surface area contributed by atoms with Gasteiger partial charge in [-0.1, -0.05) is 6.08 Å². The van der Waals surface area contributed by atoms with Gasteiger partial charge in [-0.15, -0.1) is 6.58 Å². The lowest BCUT2D eigenvalue weighted by molar-refractivity contribution is 1.06. The van der Waals surface area contributed by atoms with E-state index < -0.39 is 0 Å². The van der Waals surface area contributed by atoms with Crippen molar-refractivity contribution in [2.24, 2.45) is 0 Å². The maximum absolute atomic E-state index is 3.86. The Balaban J connectivity index is 2.33. The molecule has 0 aromatic carbocycles. The van der Waals surface area contributed by atoms with Gasteiger partial charge in [0.25, 0.3) is 0 Å². The topological polar surface area (TPSA) is 50.7 Å². The van der Waals surface area contributed by atoms with Crippen LogP contribution in [0.5, 0.6) is 0 Å². The summed E-state index contributed by atoms with van der Waals surface area (Å²) < 4.78 is 2.93. The second kappa shape index (κ2) is 4.68. The molecule has 0 bridgehead atoms. The van der Waals surface area contributed by atoms with Crippen LogP contribution >= 0.6 is 11.9 Å². The van der Waals surface area contributed by atoms with Gasteiger partial charge in [0.05, 0.1) is 0 Å². The first-order chi connectivity index (χ1) is 5.43. The fourth-order valence-electron chi connectivity index (χ4n) is 0.457. The molecular weight excluding hydrogens is 160 g/mol. The number of rotatable bonds is 4. The zero-order valence-electron chi connectivity index (χ0n) is 5.90. The summed E-state index contributed by atoms with van der Waals surface area (Å²) in [6.45, 7) is 3.58. The van der Waals surface area contributed by atoms with E-state index >= 15 is 0 Å². The van der Waals surface area contributed by atoms with Crippen molar-refractivity contribution >= 4 is 17.9 Å². The number of hydrogen-bond acceptors (Lipinski definition) is 5. The first kappa shape index (κ1) is 8.00. The van der Waals surface area contributed by atoms with Gasteiger partial charge in [-0.05, 0) is 11.9 Å². The van der Waals surface area contributed by atoms with Crippen LogP contribution in [0.4, 0.5) is 5.95 Å². The second-order valence-electron chi connectivity index (χ2n) is 1.66. The van der Waals surface area contributed by atoms with Crippen molar-refractivity contribution in [3.63, 3.8) is 0 Å². The fraction of sp³-hybridized carbons (Fsp3) is 0.167. The Morgan fingerprint density at radius 2 is 2.27 bits per heavy atom. The summed E-state index contributed by atoms with van der Waals surface area (Å²) in [6, 6.07) is 0. The average Bonchev–Trinajstić information content (AvgIpc) is 2.07. The average molecular weight is 168 g/mol. The van der Waals surface area contributed by atoms with Crippen molar-refractivity contribution in [1.29, 1.82) is 0 Å². The highest BCUT2D eigenvalue weighted by molar-refractivity contribution is 8.00. The molecule has 5 heteroatoms. The van der Waals surface area contributed by atoms with Crippen molar-refractivity contribution in [1.82, 2.24) is 15.0 Å². The number of hydrogen-bond donors (Lipinski definition) is 1. The maximum atomic E-state index is 3.86. The van der Waals surface area contributed by atoms with E-state index in [4.69, 9.17) is 0 Å². The minimum absolute atomic E-state index is 0.576. The molecule has 0 aliphatic heterocycles. The van der Waals surface area contributed by atoms with E-state index in [2.05, 4.69) is 26.3 Å². The van der Waals surface area contributed by atoms with Crippen LogP contribution in [0.25, 0.3) is 0 Å². The van der Waals surface area contributed by atoms with E-state index in [1.807, 2.05) is 0 Å². The largest absolute Gasteiger partial charge is 0.298 e. The van der Waals surface area contributed by atoms with Crippen LogP contribution in [-0.2, 0) is 0 Å². The molecule has 0 saturated carbocycles. The molecule has 1 aromatic rings. The minimum Gasteiger partial charge on any atom is -0.298 e. The van der Waals surface area contributed by atoms with Crippen LogP contribution < -0.4 is 4.72 Å². The van der Waals surface area contributed by atoms with Gasteiger partial charge < -0.3 is 0 Å². The van der Waals surface area contributed by atoms with Crippen molar-refractivity contribution in [2.45, 2.75) is 0 Å². The van der Waals surface area contributed by atoms with Crippen molar-refractivity contribution in [2.75, 3.05) is 10.5 Å². The second-order valence-corrected chi connectivity index (χ2v) is 2.49. The van der Waals surface area contributed by atoms with Gasteiger partial charge in [0.1, 0.15) is 12.7 Å². The van der Waals surface area contributed by atoms with Gasteiger partial charge in [0.2, 0.25) is 5.95 Å². The smallest absolute Gasteiger partial charge is 0.235 e. The zero-order chi connectivity index (χ0) is 7.94. The summed E-state index contributed by atoms with van der Waals surface area (Å²) in [5.41, 5.74) is 0. The highest BCUT2D eigenvalue weighted by Crippen LogP contribution is 2.03. The minimum atomic E-state index is 0.576. The Labute approximate surface area is 69.3 Å². The van der Waals surface area contributed by atoms with Crippen LogP contribution in [0.2, 0.25) is 0 Å². The number of nitrogens with one attached hydrogen (secondary N) is 1. The predicted octanol–water partition coefficient (Wildman–Crippen LogP) is 1.12. The van der Waals surface area contributed by atoms with E-state index in [1.54, 1.807) is 6.08 Å². The summed E-state index contributed by atoms with van der Waals surface area (Å²) >= 11 is 1.49. The normalized spacial score (nSPS) is 9.09. The zero-order valence-corrected chi connectivity index (χ0v) is 6.71.